The summed E-state index contributed by atoms with van der Waals surface area (Å²) < 4.78 is 11.0. The van der Waals surface area contributed by atoms with E-state index < -0.39 is 6.10 Å². The molecule has 0 aromatic rings. The van der Waals surface area contributed by atoms with Crippen LogP contribution in [0.3, 0.4) is 0 Å². The lowest BCUT2D eigenvalue weighted by molar-refractivity contribution is -0.192. The van der Waals surface area contributed by atoms with Crippen LogP contribution in [0.25, 0.3) is 0 Å². The van der Waals surface area contributed by atoms with Crippen molar-refractivity contribution in [2.45, 2.75) is 64.3 Å². The molecule has 0 aromatic carbocycles. The first-order chi connectivity index (χ1) is 7.74. The van der Waals surface area contributed by atoms with Crippen molar-refractivity contribution in [3.8, 4) is 0 Å². The lowest BCUT2D eigenvalue weighted by Crippen LogP contribution is -2.36. The summed E-state index contributed by atoms with van der Waals surface area (Å²) >= 11 is 0. The van der Waals surface area contributed by atoms with E-state index in [1.807, 2.05) is 0 Å². The van der Waals surface area contributed by atoms with E-state index in [0.717, 1.165) is 45.1 Å². The van der Waals surface area contributed by atoms with Crippen LogP contribution in [0.4, 0.5) is 0 Å². The SMILES string of the molecule is CCCCCC(OC1CCCCO1)C(N)=O. The molecule has 4 nitrogen and oxygen atoms in total. The van der Waals surface area contributed by atoms with Gasteiger partial charge in [0.2, 0.25) is 5.91 Å². The Kier molecular flexibility index (Phi) is 6.42. The van der Waals surface area contributed by atoms with Crippen LogP contribution in [0.15, 0.2) is 0 Å². The van der Waals surface area contributed by atoms with E-state index in [-0.39, 0.29) is 12.2 Å². The first-order valence-corrected chi connectivity index (χ1v) is 6.30. The Morgan fingerprint density at radius 3 is 2.88 bits per heavy atom. The van der Waals surface area contributed by atoms with Gasteiger partial charge in [0.1, 0.15) is 6.10 Å². The second-order valence-electron chi connectivity index (χ2n) is 4.32. The summed E-state index contributed by atoms with van der Waals surface area (Å²) in [6, 6.07) is 0. The van der Waals surface area contributed by atoms with Gasteiger partial charge in [0, 0.05) is 6.61 Å². The first-order valence-electron chi connectivity index (χ1n) is 6.30. The van der Waals surface area contributed by atoms with Crippen molar-refractivity contribution >= 4 is 5.91 Å². The predicted octanol–water partition coefficient (Wildman–Crippen LogP) is 1.96. The molecule has 1 saturated heterocycles. The van der Waals surface area contributed by atoms with Gasteiger partial charge in [0.25, 0.3) is 0 Å². The van der Waals surface area contributed by atoms with Crippen LogP contribution in [0, 0.1) is 0 Å². The summed E-state index contributed by atoms with van der Waals surface area (Å²) in [6.45, 7) is 2.86. The third-order valence-electron chi connectivity index (χ3n) is 2.84. The van der Waals surface area contributed by atoms with Crippen LogP contribution < -0.4 is 5.73 Å². The fourth-order valence-electron chi connectivity index (χ4n) is 1.86. The molecule has 0 bridgehead atoms. The maximum absolute atomic E-state index is 11.2. The highest BCUT2D eigenvalue weighted by molar-refractivity contribution is 5.78. The van der Waals surface area contributed by atoms with E-state index in [0.29, 0.717) is 6.42 Å². The van der Waals surface area contributed by atoms with Gasteiger partial charge >= 0.3 is 0 Å². The van der Waals surface area contributed by atoms with E-state index in [1.54, 1.807) is 0 Å². The summed E-state index contributed by atoms with van der Waals surface area (Å²) in [4.78, 5) is 11.2. The summed E-state index contributed by atoms with van der Waals surface area (Å²) in [6.07, 6.45) is 6.28. The Balaban J connectivity index is 2.28. The minimum Gasteiger partial charge on any atom is -0.367 e. The number of carbonyl (C=O) groups is 1. The predicted molar refractivity (Wildman–Crippen MR) is 61.8 cm³/mol. The van der Waals surface area contributed by atoms with Crippen molar-refractivity contribution in [1.29, 1.82) is 0 Å². The number of hydrogen-bond acceptors (Lipinski definition) is 3. The zero-order valence-electron chi connectivity index (χ0n) is 10.1. The van der Waals surface area contributed by atoms with Crippen LogP contribution in [-0.4, -0.2) is 24.9 Å². The quantitative estimate of drug-likeness (QED) is 0.679. The van der Waals surface area contributed by atoms with Gasteiger partial charge in [-0.1, -0.05) is 26.2 Å². The van der Waals surface area contributed by atoms with Crippen LogP contribution in [0.1, 0.15) is 51.9 Å². The van der Waals surface area contributed by atoms with Crippen LogP contribution in [0.2, 0.25) is 0 Å². The van der Waals surface area contributed by atoms with E-state index in [9.17, 15) is 4.79 Å². The number of rotatable bonds is 7. The molecule has 0 saturated carbocycles. The Labute approximate surface area is 97.5 Å². The molecule has 2 atom stereocenters. The maximum Gasteiger partial charge on any atom is 0.246 e. The van der Waals surface area contributed by atoms with Crippen molar-refractivity contribution in [3.05, 3.63) is 0 Å². The molecule has 0 spiro atoms. The van der Waals surface area contributed by atoms with E-state index in [1.165, 1.54) is 0 Å². The van der Waals surface area contributed by atoms with Crippen molar-refractivity contribution in [2.75, 3.05) is 6.61 Å². The molecule has 16 heavy (non-hydrogen) atoms. The van der Waals surface area contributed by atoms with E-state index in [4.69, 9.17) is 15.2 Å². The fraction of sp³-hybridized carbons (Fsp3) is 0.917. The minimum absolute atomic E-state index is 0.229. The Morgan fingerprint density at radius 2 is 2.31 bits per heavy atom. The molecule has 0 radical (unpaired) electrons. The zero-order valence-corrected chi connectivity index (χ0v) is 10.1. The first kappa shape index (κ1) is 13.5. The molecule has 1 amide bonds. The van der Waals surface area contributed by atoms with Crippen molar-refractivity contribution in [2.24, 2.45) is 5.73 Å². The molecule has 1 aliphatic rings. The monoisotopic (exact) mass is 229 g/mol. The van der Waals surface area contributed by atoms with Crippen LogP contribution in [-0.2, 0) is 14.3 Å². The summed E-state index contributed by atoms with van der Waals surface area (Å²) in [5, 5.41) is 0. The van der Waals surface area contributed by atoms with E-state index in [2.05, 4.69) is 6.92 Å². The molecule has 2 unspecified atom stereocenters. The van der Waals surface area contributed by atoms with Crippen LogP contribution >= 0.6 is 0 Å². The molecule has 1 fully saturated rings. The molecule has 1 heterocycles. The highest BCUT2D eigenvalue weighted by Crippen LogP contribution is 2.17. The van der Waals surface area contributed by atoms with Gasteiger partial charge < -0.3 is 15.2 Å². The Bertz CT molecular complexity index is 202. The number of amides is 1. The topological polar surface area (TPSA) is 61.6 Å². The van der Waals surface area contributed by atoms with Gasteiger partial charge in [-0.15, -0.1) is 0 Å². The van der Waals surface area contributed by atoms with Gasteiger partial charge in [0.15, 0.2) is 6.29 Å². The normalized spacial score (nSPS) is 22.9. The van der Waals surface area contributed by atoms with Crippen molar-refractivity contribution in [3.63, 3.8) is 0 Å². The third kappa shape index (κ3) is 4.94. The summed E-state index contributed by atoms with van der Waals surface area (Å²) in [5.41, 5.74) is 5.32. The summed E-state index contributed by atoms with van der Waals surface area (Å²) in [7, 11) is 0. The maximum atomic E-state index is 11.2. The third-order valence-corrected chi connectivity index (χ3v) is 2.84. The molecule has 94 valence electrons. The van der Waals surface area contributed by atoms with Crippen molar-refractivity contribution < 1.29 is 14.3 Å². The highest BCUT2D eigenvalue weighted by Gasteiger charge is 2.22. The van der Waals surface area contributed by atoms with Gasteiger partial charge in [-0.3, -0.25) is 4.79 Å². The molecule has 1 rings (SSSR count). The average Bonchev–Trinajstić information content (AvgIpc) is 2.29. The molecule has 4 heteroatoms. The average molecular weight is 229 g/mol. The zero-order chi connectivity index (χ0) is 11.8. The largest absolute Gasteiger partial charge is 0.367 e. The number of nitrogens with two attached hydrogens (primary N) is 1. The molecule has 0 aliphatic carbocycles. The van der Waals surface area contributed by atoms with Crippen LogP contribution in [0.5, 0.6) is 0 Å². The standard InChI is InChI=1S/C12H23NO3/c1-2-3-4-7-10(12(13)14)16-11-8-5-6-9-15-11/h10-11H,2-9H2,1H3,(H2,13,14). The smallest absolute Gasteiger partial charge is 0.246 e. The second-order valence-corrected chi connectivity index (χ2v) is 4.32. The Morgan fingerprint density at radius 1 is 1.50 bits per heavy atom. The van der Waals surface area contributed by atoms with Gasteiger partial charge in [0.05, 0.1) is 0 Å². The number of primary amides is 1. The lowest BCUT2D eigenvalue weighted by atomic mass is 10.1. The lowest BCUT2D eigenvalue weighted by Gasteiger charge is -2.26. The molecule has 0 aromatic heterocycles. The molecule has 1 aliphatic heterocycles. The molecule has 2 N–H and O–H groups in total. The number of ether oxygens (including phenoxy) is 2. The molecular weight excluding hydrogens is 206 g/mol. The number of carbonyl (C=O) groups excluding carboxylic acids is 1. The van der Waals surface area contributed by atoms with Gasteiger partial charge in [-0.2, -0.15) is 0 Å². The van der Waals surface area contributed by atoms with E-state index >= 15 is 0 Å². The molecular formula is C12H23NO3. The van der Waals surface area contributed by atoms with Gasteiger partial charge in [-0.05, 0) is 25.7 Å². The Hall–Kier alpha value is -0.610. The van der Waals surface area contributed by atoms with Crippen molar-refractivity contribution in [1.82, 2.24) is 0 Å². The second kappa shape index (κ2) is 7.63. The fourth-order valence-corrected chi connectivity index (χ4v) is 1.86. The summed E-state index contributed by atoms with van der Waals surface area (Å²) in [5.74, 6) is -0.370. The minimum atomic E-state index is -0.477. The van der Waals surface area contributed by atoms with Gasteiger partial charge in [-0.25, -0.2) is 0 Å². The number of hydrogen-bond donors (Lipinski definition) is 1. The number of unbranched alkanes of at least 4 members (excludes halogenated alkanes) is 2. The highest BCUT2D eigenvalue weighted by atomic mass is 16.7.